The Bertz CT molecular complexity index is 1820. The standard InChI is InChI=1S/C34H36F2N6O2/c1-2-23-27(35)7-4-18-10-22(43)12-24(28(18)23)30-29(36)31-25(13-37-30)32(41-15-20-5-6-21(16-41)38-20)40-33(39-31)44-17-34-8-3-9-42(34)14-19-11-26(19)34/h4,7,10,12-13,19-21,26,38,43H,2-3,5-6,8-9,11,14-17H2,1H3/t19?,20-,21+,26?,34?. The first-order valence-electron chi connectivity index (χ1n) is 16.1. The number of hydrogen-bond acceptors (Lipinski definition) is 8. The van der Waals surface area contributed by atoms with Crippen molar-refractivity contribution in [2.24, 2.45) is 11.8 Å². The van der Waals surface area contributed by atoms with E-state index in [9.17, 15) is 9.50 Å². The minimum absolute atomic E-state index is 0.0202. The molecule has 4 saturated heterocycles. The molecule has 5 atom stereocenters. The summed E-state index contributed by atoms with van der Waals surface area (Å²) in [6, 6.07) is 6.93. The van der Waals surface area contributed by atoms with Gasteiger partial charge in [-0.3, -0.25) is 9.88 Å². The number of phenols is 1. The second-order valence-corrected chi connectivity index (χ2v) is 13.6. The summed E-state index contributed by atoms with van der Waals surface area (Å²) >= 11 is 0. The van der Waals surface area contributed by atoms with Crippen LogP contribution in [0.4, 0.5) is 14.6 Å². The monoisotopic (exact) mass is 598 g/mol. The van der Waals surface area contributed by atoms with E-state index in [1.807, 2.05) is 6.92 Å². The Morgan fingerprint density at radius 3 is 2.77 bits per heavy atom. The van der Waals surface area contributed by atoms with Crippen LogP contribution in [0.5, 0.6) is 11.8 Å². The van der Waals surface area contributed by atoms with Crippen molar-refractivity contribution in [3.63, 3.8) is 0 Å². The highest BCUT2D eigenvalue weighted by atomic mass is 19.1. The molecule has 2 aromatic carbocycles. The Morgan fingerprint density at radius 2 is 1.95 bits per heavy atom. The van der Waals surface area contributed by atoms with Gasteiger partial charge >= 0.3 is 6.01 Å². The Hall–Kier alpha value is -3.63. The van der Waals surface area contributed by atoms with Crippen molar-refractivity contribution in [3.05, 3.63) is 47.7 Å². The number of fused-ring (bicyclic) bond motifs is 7. The smallest absolute Gasteiger partial charge is 0.319 e. The fourth-order valence-electron chi connectivity index (χ4n) is 9.02. The molecule has 6 heterocycles. The molecule has 3 unspecified atom stereocenters. The largest absolute Gasteiger partial charge is 0.508 e. The number of piperazine rings is 1. The molecule has 4 aromatic rings. The van der Waals surface area contributed by atoms with Gasteiger partial charge in [0, 0.05) is 43.5 Å². The summed E-state index contributed by atoms with van der Waals surface area (Å²) in [4.78, 5) is 19.0. The van der Waals surface area contributed by atoms with Crippen LogP contribution in [-0.4, -0.2) is 75.4 Å². The molecule has 44 heavy (non-hydrogen) atoms. The van der Waals surface area contributed by atoms with Gasteiger partial charge in [0.05, 0.1) is 10.9 Å². The Kier molecular flexibility index (Phi) is 5.89. The summed E-state index contributed by atoms with van der Waals surface area (Å²) < 4.78 is 38.3. The third-order valence-electron chi connectivity index (χ3n) is 11.1. The lowest BCUT2D eigenvalue weighted by atomic mass is 9.92. The van der Waals surface area contributed by atoms with Crippen LogP contribution in [0.3, 0.4) is 0 Å². The molecule has 8 nitrogen and oxygen atoms in total. The van der Waals surface area contributed by atoms with Crippen molar-refractivity contribution in [1.29, 1.82) is 0 Å². The maximum Gasteiger partial charge on any atom is 0.319 e. The number of rotatable bonds is 6. The third-order valence-corrected chi connectivity index (χ3v) is 11.1. The highest BCUT2D eigenvalue weighted by molar-refractivity contribution is 6.01. The SMILES string of the molecule is CCc1c(F)ccc2cc(O)cc(-c3ncc4c(N5C[C@H]6CC[C@@H](C5)N6)nc(OCC56CCCN5CC5CC56)nc4c3F)c12. The molecule has 1 saturated carbocycles. The number of aryl methyl sites for hydroxylation is 1. The Labute approximate surface area is 254 Å². The van der Waals surface area contributed by atoms with Crippen LogP contribution in [-0.2, 0) is 6.42 Å². The van der Waals surface area contributed by atoms with E-state index in [2.05, 4.69) is 20.1 Å². The quantitative estimate of drug-likeness (QED) is 0.314. The second-order valence-electron chi connectivity index (χ2n) is 13.6. The average Bonchev–Trinajstić information content (AvgIpc) is 3.39. The lowest BCUT2D eigenvalue weighted by molar-refractivity contribution is 0.0829. The van der Waals surface area contributed by atoms with Gasteiger partial charge in [0.15, 0.2) is 5.82 Å². The van der Waals surface area contributed by atoms with Gasteiger partial charge in [0.2, 0.25) is 0 Å². The molecule has 0 spiro atoms. The number of anilines is 1. The van der Waals surface area contributed by atoms with Gasteiger partial charge < -0.3 is 20.1 Å². The van der Waals surface area contributed by atoms with Crippen LogP contribution in [0.2, 0.25) is 0 Å². The molecule has 10 heteroatoms. The van der Waals surface area contributed by atoms with E-state index < -0.39 is 5.82 Å². The molecular formula is C34H36F2N6O2. The number of nitrogens with one attached hydrogen (secondary N) is 1. The zero-order chi connectivity index (χ0) is 29.7. The molecule has 228 valence electrons. The fraction of sp³-hybridized carbons (Fsp3) is 0.500. The summed E-state index contributed by atoms with van der Waals surface area (Å²) in [5, 5.41) is 15.9. The third kappa shape index (κ3) is 3.96. The van der Waals surface area contributed by atoms with Crippen LogP contribution in [0.15, 0.2) is 30.5 Å². The highest BCUT2D eigenvalue weighted by Gasteiger charge is 2.63. The predicted molar refractivity (Wildman–Crippen MR) is 164 cm³/mol. The lowest BCUT2D eigenvalue weighted by Gasteiger charge is -2.35. The van der Waals surface area contributed by atoms with E-state index in [4.69, 9.17) is 14.7 Å². The van der Waals surface area contributed by atoms with E-state index in [-0.39, 0.29) is 34.3 Å². The van der Waals surface area contributed by atoms with Crippen molar-refractivity contribution in [1.82, 2.24) is 25.2 Å². The normalized spacial score (nSPS) is 29.0. The molecular weight excluding hydrogens is 562 g/mol. The van der Waals surface area contributed by atoms with Gasteiger partial charge in [0.25, 0.3) is 0 Å². The molecule has 0 radical (unpaired) electrons. The lowest BCUT2D eigenvalue weighted by Crippen LogP contribution is -2.51. The van der Waals surface area contributed by atoms with Crippen molar-refractivity contribution in [2.75, 3.05) is 37.7 Å². The summed E-state index contributed by atoms with van der Waals surface area (Å²) in [7, 11) is 0. The number of nitrogens with zero attached hydrogens (tertiary/aromatic N) is 5. The fourth-order valence-corrected chi connectivity index (χ4v) is 9.02. The first-order valence-corrected chi connectivity index (χ1v) is 16.1. The summed E-state index contributed by atoms with van der Waals surface area (Å²) in [5.74, 6) is 1.03. The highest BCUT2D eigenvalue weighted by Crippen LogP contribution is 2.59. The zero-order valence-corrected chi connectivity index (χ0v) is 24.8. The first kappa shape index (κ1) is 26.7. The summed E-state index contributed by atoms with van der Waals surface area (Å²) in [5.41, 5.74) is 0.971. The van der Waals surface area contributed by atoms with Gasteiger partial charge in [-0.05, 0) is 91.4 Å². The number of ether oxygens (including phenoxy) is 1. The molecule has 2 N–H and O–H groups in total. The van der Waals surface area contributed by atoms with Gasteiger partial charge in [-0.25, -0.2) is 8.78 Å². The van der Waals surface area contributed by atoms with E-state index in [0.29, 0.717) is 64.1 Å². The number of halogens is 2. The Balaban J connectivity index is 1.19. The van der Waals surface area contributed by atoms with Crippen molar-refractivity contribution >= 4 is 27.5 Å². The van der Waals surface area contributed by atoms with Crippen LogP contribution in [0.25, 0.3) is 32.9 Å². The topological polar surface area (TPSA) is 86.6 Å². The van der Waals surface area contributed by atoms with Gasteiger partial charge in [-0.15, -0.1) is 0 Å². The maximum atomic E-state index is 16.8. The molecule has 4 aliphatic heterocycles. The van der Waals surface area contributed by atoms with Crippen molar-refractivity contribution in [3.8, 4) is 23.0 Å². The van der Waals surface area contributed by atoms with Gasteiger partial charge in [-0.1, -0.05) is 13.0 Å². The summed E-state index contributed by atoms with van der Waals surface area (Å²) in [6.45, 7) is 6.14. The molecule has 2 bridgehead atoms. The Morgan fingerprint density at radius 1 is 1.11 bits per heavy atom. The van der Waals surface area contributed by atoms with E-state index in [0.717, 1.165) is 51.4 Å². The van der Waals surface area contributed by atoms with Crippen molar-refractivity contribution in [2.45, 2.75) is 63.1 Å². The van der Waals surface area contributed by atoms with Crippen LogP contribution in [0.1, 0.15) is 44.6 Å². The minimum atomic E-state index is -0.629. The van der Waals surface area contributed by atoms with Crippen LogP contribution < -0.4 is 15.0 Å². The minimum Gasteiger partial charge on any atom is -0.508 e. The van der Waals surface area contributed by atoms with Gasteiger partial charge in [-0.2, -0.15) is 9.97 Å². The molecule has 2 aromatic heterocycles. The van der Waals surface area contributed by atoms with Crippen LogP contribution in [0, 0.1) is 23.5 Å². The van der Waals surface area contributed by atoms with Crippen molar-refractivity contribution < 1.29 is 18.6 Å². The van der Waals surface area contributed by atoms with E-state index in [1.165, 1.54) is 25.0 Å². The molecule has 5 fully saturated rings. The first-order chi connectivity index (χ1) is 21.4. The zero-order valence-electron chi connectivity index (χ0n) is 24.8. The van der Waals surface area contributed by atoms with E-state index >= 15 is 4.39 Å². The molecule has 9 rings (SSSR count). The summed E-state index contributed by atoms with van der Waals surface area (Å²) in [6.07, 6.45) is 7.78. The average molecular weight is 599 g/mol. The maximum absolute atomic E-state index is 16.8. The molecule has 1 aliphatic carbocycles. The number of piperidine rings is 1. The second kappa shape index (κ2) is 9.68. The van der Waals surface area contributed by atoms with Crippen LogP contribution >= 0.6 is 0 Å². The molecule has 0 amide bonds. The molecule has 5 aliphatic rings. The number of aromatic hydroxyl groups is 1. The number of pyridine rings is 1. The number of phenolic OH excluding ortho intramolecular Hbond substituents is 1. The number of aromatic nitrogens is 3. The number of benzene rings is 2. The predicted octanol–water partition coefficient (Wildman–Crippen LogP) is 5.19. The van der Waals surface area contributed by atoms with E-state index in [1.54, 1.807) is 18.3 Å². The van der Waals surface area contributed by atoms with Gasteiger partial charge in [0.1, 0.15) is 35.2 Å². The number of hydrogen-bond donors (Lipinski definition) is 2.